The van der Waals surface area contributed by atoms with E-state index in [1.807, 2.05) is 144 Å². The summed E-state index contributed by atoms with van der Waals surface area (Å²) in [5.41, 5.74) is 5.64. The first-order valence-electron chi connectivity index (χ1n) is 19.9. The molecular formula is C53H30F3N7. The second-order valence-corrected chi connectivity index (χ2v) is 14.8. The zero-order chi connectivity index (χ0) is 43.1. The van der Waals surface area contributed by atoms with Gasteiger partial charge in [-0.05, 0) is 48.5 Å². The lowest BCUT2D eigenvalue weighted by Gasteiger charge is -2.22. The van der Waals surface area contributed by atoms with Crippen LogP contribution in [0, 0.1) is 22.7 Å². The number of halogens is 3. The molecule has 0 saturated carbocycles. The molecule has 10 heteroatoms. The normalized spacial score (nSPS) is 11.4. The van der Waals surface area contributed by atoms with E-state index in [0.717, 1.165) is 28.8 Å². The third-order valence-corrected chi connectivity index (χ3v) is 10.9. The lowest BCUT2D eigenvalue weighted by atomic mass is 9.96. The van der Waals surface area contributed by atoms with Crippen LogP contribution in [0.25, 0.3) is 95.3 Å². The first-order chi connectivity index (χ1) is 30.7. The first kappa shape index (κ1) is 38.5. The predicted octanol–water partition coefficient (Wildman–Crippen LogP) is 13.1. The zero-order valence-corrected chi connectivity index (χ0v) is 33.1. The second kappa shape index (κ2) is 15.7. The van der Waals surface area contributed by atoms with Gasteiger partial charge in [0.25, 0.3) is 0 Å². The minimum Gasteiger partial charge on any atom is -0.308 e. The van der Waals surface area contributed by atoms with Gasteiger partial charge in [-0.25, -0.2) is 19.9 Å². The van der Waals surface area contributed by atoms with E-state index in [9.17, 15) is 10.5 Å². The van der Waals surface area contributed by atoms with Crippen molar-refractivity contribution < 1.29 is 13.2 Å². The molecule has 10 aromatic rings. The van der Waals surface area contributed by atoms with Crippen molar-refractivity contribution in [3.8, 4) is 85.6 Å². The van der Waals surface area contributed by atoms with Crippen molar-refractivity contribution in [2.75, 3.05) is 0 Å². The van der Waals surface area contributed by atoms with Gasteiger partial charge in [0.05, 0.1) is 68.3 Å². The van der Waals surface area contributed by atoms with Crippen molar-refractivity contribution in [2.24, 2.45) is 0 Å². The molecule has 0 N–H and O–H groups in total. The molecule has 0 aliphatic heterocycles. The summed E-state index contributed by atoms with van der Waals surface area (Å²) < 4.78 is 48.6. The van der Waals surface area contributed by atoms with Gasteiger partial charge in [-0.2, -0.15) is 23.7 Å². The second-order valence-electron chi connectivity index (χ2n) is 14.8. The van der Waals surface area contributed by atoms with Crippen LogP contribution in [0.1, 0.15) is 16.7 Å². The van der Waals surface area contributed by atoms with Crippen LogP contribution in [-0.2, 0) is 6.18 Å². The predicted molar refractivity (Wildman–Crippen MR) is 239 cm³/mol. The number of benzene rings is 7. The van der Waals surface area contributed by atoms with Crippen molar-refractivity contribution in [1.82, 2.24) is 24.5 Å². The number of aromatic nitrogens is 5. The minimum absolute atomic E-state index is 0.0149. The van der Waals surface area contributed by atoms with E-state index in [1.54, 1.807) is 30.3 Å². The topological polar surface area (TPSA) is 104 Å². The summed E-state index contributed by atoms with van der Waals surface area (Å²) >= 11 is 0. The molecule has 298 valence electrons. The molecule has 0 amide bonds. The van der Waals surface area contributed by atoms with Crippen LogP contribution < -0.4 is 0 Å². The monoisotopic (exact) mass is 821 g/mol. The maximum absolute atomic E-state index is 15.6. The molecule has 10 rings (SSSR count). The number of nitriles is 2. The number of nitrogens with zero attached hydrogens (tertiary/aromatic N) is 7. The molecule has 0 aliphatic rings. The van der Waals surface area contributed by atoms with Crippen LogP contribution in [0.4, 0.5) is 13.2 Å². The van der Waals surface area contributed by atoms with E-state index in [2.05, 4.69) is 12.1 Å². The van der Waals surface area contributed by atoms with Crippen LogP contribution in [-0.4, -0.2) is 24.5 Å². The summed E-state index contributed by atoms with van der Waals surface area (Å²) in [6.07, 6.45) is -4.83. The number of fused-ring (bicyclic) bond motifs is 3. The molecule has 0 unspecified atom stereocenters. The maximum atomic E-state index is 15.6. The molecule has 7 nitrogen and oxygen atoms in total. The highest BCUT2D eigenvalue weighted by Gasteiger charge is 2.35. The van der Waals surface area contributed by atoms with Gasteiger partial charge >= 0.3 is 6.18 Å². The molecule has 3 aromatic heterocycles. The molecule has 0 fully saturated rings. The van der Waals surface area contributed by atoms with Crippen LogP contribution >= 0.6 is 0 Å². The average Bonchev–Trinajstić information content (AvgIpc) is 3.66. The Labute approximate surface area is 359 Å². The van der Waals surface area contributed by atoms with Gasteiger partial charge in [-0.15, -0.1) is 0 Å². The van der Waals surface area contributed by atoms with Gasteiger partial charge in [0.15, 0.2) is 11.6 Å². The fourth-order valence-electron chi connectivity index (χ4n) is 7.94. The Bertz CT molecular complexity index is 3110. The Kier molecular flexibility index (Phi) is 9.59. The number of alkyl halides is 3. The Morgan fingerprint density at radius 1 is 0.413 bits per heavy atom. The van der Waals surface area contributed by atoms with E-state index in [1.165, 1.54) is 0 Å². The molecule has 0 spiro atoms. The van der Waals surface area contributed by atoms with Crippen molar-refractivity contribution in [1.29, 1.82) is 10.5 Å². The Hall–Kier alpha value is -8.73. The minimum atomic E-state index is -4.83. The van der Waals surface area contributed by atoms with Crippen LogP contribution in [0.2, 0.25) is 0 Å². The third kappa shape index (κ3) is 7.22. The van der Waals surface area contributed by atoms with E-state index < -0.39 is 11.7 Å². The fourth-order valence-corrected chi connectivity index (χ4v) is 7.94. The highest BCUT2D eigenvalue weighted by Crippen LogP contribution is 2.45. The largest absolute Gasteiger partial charge is 0.416 e. The van der Waals surface area contributed by atoms with Gasteiger partial charge in [0, 0.05) is 44.2 Å². The molecule has 0 atom stereocenters. The summed E-state index contributed by atoms with van der Waals surface area (Å²) in [5.74, 6) is 0.312. The summed E-state index contributed by atoms with van der Waals surface area (Å²) in [6, 6.07) is 58.0. The fraction of sp³-hybridized carbons (Fsp3) is 0.0189. The standard InChI is InChI=1S/C53H30F3N7/c54-53(55,56)39-27-42(47-30-46(37-17-9-3-10-18-37)59-51(62-47)38-19-11-4-12-20-38)50(63-48-25-33(31-57)21-23-40(48)41-24-22-34(32-58)26-49(41)63)43(28-39)52-60-44(35-13-5-1-6-14-35)29-45(61-52)36-15-7-2-8-16-36/h1-30H. The summed E-state index contributed by atoms with van der Waals surface area (Å²) in [6.45, 7) is 0. The molecule has 63 heavy (non-hydrogen) atoms. The third-order valence-electron chi connectivity index (χ3n) is 10.9. The summed E-state index contributed by atoms with van der Waals surface area (Å²) in [5, 5.41) is 21.8. The van der Waals surface area contributed by atoms with Crippen LogP contribution in [0.3, 0.4) is 0 Å². The number of rotatable bonds is 7. The summed E-state index contributed by atoms with van der Waals surface area (Å²) in [4.78, 5) is 20.1. The first-order valence-corrected chi connectivity index (χ1v) is 19.9. The molecule has 7 aromatic carbocycles. The van der Waals surface area contributed by atoms with Gasteiger partial charge < -0.3 is 4.57 Å². The maximum Gasteiger partial charge on any atom is 0.416 e. The summed E-state index contributed by atoms with van der Waals surface area (Å²) in [7, 11) is 0. The average molecular weight is 822 g/mol. The van der Waals surface area contributed by atoms with E-state index in [-0.39, 0.29) is 28.3 Å². The van der Waals surface area contributed by atoms with Gasteiger partial charge in [-0.1, -0.05) is 133 Å². The van der Waals surface area contributed by atoms with Crippen LogP contribution in [0.15, 0.2) is 182 Å². The van der Waals surface area contributed by atoms with Crippen molar-refractivity contribution >= 4 is 21.8 Å². The Morgan fingerprint density at radius 3 is 1.25 bits per heavy atom. The molecule has 0 saturated heterocycles. The highest BCUT2D eigenvalue weighted by molar-refractivity contribution is 6.11. The molecular weight excluding hydrogens is 792 g/mol. The zero-order valence-electron chi connectivity index (χ0n) is 33.1. The highest BCUT2D eigenvalue weighted by atomic mass is 19.4. The quantitative estimate of drug-likeness (QED) is 0.159. The Balaban J connectivity index is 1.41. The van der Waals surface area contributed by atoms with Crippen LogP contribution in [0.5, 0.6) is 0 Å². The van der Waals surface area contributed by atoms with E-state index >= 15 is 13.2 Å². The van der Waals surface area contributed by atoms with E-state index in [0.29, 0.717) is 61.4 Å². The van der Waals surface area contributed by atoms with Gasteiger partial charge in [-0.3, -0.25) is 0 Å². The molecule has 0 bridgehead atoms. The molecule has 0 radical (unpaired) electrons. The lowest BCUT2D eigenvalue weighted by molar-refractivity contribution is -0.137. The number of hydrogen-bond donors (Lipinski definition) is 0. The van der Waals surface area contributed by atoms with Gasteiger partial charge in [0.1, 0.15) is 0 Å². The Morgan fingerprint density at radius 2 is 0.810 bits per heavy atom. The van der Waals surface area contributed by atoms with Crippen molar-refractivity contribution in [2.45, 2.75) is 6.18 Å². The van der Waals surface area contributed by atoms with Gasteiger partial charge in [0.2, 0.25) is 0 Å². The lowest BCUT2D eigenvalue weighted by Crippen LogP contribution is -2.11. The van der Waals surface area contributed by atoms with Crippen molar-refractivity contribution in [3.05, 3.63) is 199 Å². The molecule has 3 heterocycles. The number of hydrogen-bond acceptors (Lipinski definition) is 6. The van der Waals surface area contributed by atoms with E-state index in [4.69, 9.17) is 19.9 Å². The SMILES string of the molecule is N#Cc1ccc2c3ccc(C#N)cc3n(-c3c(-c4cc(-c5ccccc5)nc(-c5ccccc5)n4)cc(C(F)(F)F)cc3-c3nc(-c4ccccc4)cc(-c4ccccc4)n3)c2c1. The smallest absolute Gasteiger partial charge is 0.308 e. The van der Waals surface area contributed by atoms with Crippen molar-refractivity contribution in [3.63, 3.8) is 0 Å². The molecule has 0 aliphatic carbocycles.